The van der Waals surface area contributed by atoms with Gasteiger partial charge in [-0.15, -0.1) is 0 Å². The van der Waals surface area contributed by atoms with Crippen molar-refractivity contribution in [1.29, 1.82) is 0 Å². The molecule has 3 rings (SSSR count). The van der Waals surface area contributed by atoms with Gasteiger partial charge in [0.05, 0.1) is 10.0 Å². The van der Waals surface area contributed by atoms with Gasteiger partial charge in [-0.2, -0.15) is 0 Å². The minimum absolute atomic E-state index is 0.0545. The average molecular weight is 540 g/mol. The second-order valence-corrected chi connectivity index (χ2v) is 10.1. The number of likely N-dealkylation sites (tertiary alicyclic amines) is 1. The zero-order valence-electron chi connectivity index (χ0n) is 20.8. The van der Waals surface area contributed by atoms with Gasteiger partial charge < -0.3 is 25.9 Å². The standard InChI is InChI=1S/C18H26Cl2N4O4.C7H9N/c1-18(2,3)27-17(26)24-8-6-11(7-9-24)15(16(21)25)22-23-28-12-4-5-13(19)14(20)10-12;8-6-7-4-2-1-3-5-7/h4-5,10-11,15,22-23H,6-9H2,1-3H3,(H2,21,25);1-5H,6,8H2. The number of hydrazine groups is 1. The fraction of sp³-hybridized carbons (Fsp3) is 0.440. The first kappa shape index (κ1) is 29.7. The third kappa shape index (κ3) is 10.2. The molecule has 1 saturated heterocycles. The SMILES string of the molecule is CC(C)(C)OC(=O)N1CCC(C(NNOc2ccc(Cl)c(Cl)c2)C(N)=O)CC1.NCc1ccccc1. The highest BCUT2D eigenvalue weighted by Gasteiger charge is 2.33. The lowest BCUT2D eigenvalue weighted by molar-refractivity contribution is -0.123. The lowest BCUT2D eigenvalue weighted by Crippen LogP contribution is -2.55. The number of hydrogen-bond donors (Lipinski definition) is 4. The highest BCUT2D eigenvalue weighted by molar-refractivity contribution is 6.42. The van der Waals surface area contributed by atoms with Crippen molar-refractivity contribution >= 4 is 35.2 Å². The Labute approximate surface area is 222 Å². The molecule has 6 N–H and O–H groups in total. The first-order valence-corrected chi connectivity index (χ1v) is 12.4. The molecule has 9 nitrogen and oxygen atoms in total. The number of rotatable bonds is 7. The van der Waals surface area contributed by atoms with E-state index < -0.39 is 17.6 Å². The zero-order chi connectivity index (χ0) is 26.7. The van der Waals surface area contributed by atoms with E-state index >= 15 is 0 Å². The molecule has 0 spiro atoms. The summed E-state index contributed by atoms with van der Waals surface area (Å²) in [6, 6.07) is 14.1. The zero-order valence-corrected chi connectivity index (χ0v) is 22.3. The van der Waals surface area contributed by atoms with E-state index in [4.69, 9.17) is 44.2 Å². The maximum absolute atomic E-state index is 12.1. The molecule has 2 aromatic rings. The number of amides is 2. The van der Waals surface area contributed by atoms with Crippen LogP contribution in [0.3, 0.4) is 0 Å². The van der Waals surface area contributed by atoms with Gasteiger partial charge in [-0.05, 0) is 57.2 Å². The normalized spacial score (nSPS) is 14.9. The number of hydrogen-bond acceptors (Lipinski definition) is 7. The van der Waals surface area contributed by atoms with Gasteiger partial charge in [-0.25, -0.2) is 10.2 Å². The molecule has 1 aliphatic rings. The van der Waals surface area contributed by atoms with E-state index in [0.717, 1.165) is 0 Å². The first-order chi connectivity index (χ1) is 17.0. The summed E-state index contributed by atoms with van der Waals surface area (Å²) >= 11 is 11.8. The van der Waals surface area contributed by atoms with E-state index in [-0.39, 0.29) is 12.0 Å². The third-order valence-electron chi connectivity index (χ3n) is 5.32. The van der Waals surface area contributed by atoms with Crippen LogP contribution < -0.4 is 27.3 Å². The molecule has 0 radical (unpaired) electrons. The molecule has 36 heavy (non-hydrogen) atoms. The van der Waals surface area contributed by atoms with Crippen molar-refractivity contribution in [2.45, 2.75) is 51.8 Å². The van der Waals surface area contributed by atoms with Crippen LogP contribution in [0.2, 0.25) is 10.0 Å². The molecule has 0 aromatic heterocycles. The van der Waals surface area contributed by atoms with Crippen molar-refractivity contribution in [2.75, 3.05) is 13.1 Å². The fourth-order valence-corrected chi connectivity index (χ4v) is 3.76. The maximum atomic E-state index is 12.1. The van der Waals surface area contributed by atoms with Crippen LogP contribution >= 0.6 is 23.2 Å². The summed E-state index contributed by atoms with van der Waals surface area (Å²) in [5, 5.41) is 0.760. The van der Waals surface area contributed by atoms with Gasteiger partial charge >= 0.3 is 6.09 Å². The fourth-order valence-electron chi connectivity index (χ4n) is 3.47. The van der Waals surface area contributed by atoms with E-state index in [2.05, 4.69) is 11.0 Å². The number of nitrogens with one attached hydrogen (secondary N) is 2. The lowest BCUT2D eigenvalue weighted by atomic mass is 9.89. The van der Waals surface area contributed by atoms with E-state index in [1.807, 2.05) is 51.1 Å². The summed E-state index contributed by atoms with van der Waals surface area (Å²) in [6.07, 6.45) is 0.860. The molecule has 0 saturated carbocycles. The highest BCUT2D eigenvalue weighted by Crippen LogP contribution is 2.26. The van der Waals surface area contributed by atoms with Crippen LogP contribution in [0.25, 0.3) is 0 Å². The summed E-state index contributed by atoms with van der Waals surface area (Å²) < 4.78 is 5.38. The Bertz CT molecular complexity index is 980. The Morgan fingerprint density at radius 2 is 1.72 bits per heavy atom. The number of nitrogens with zero attached hydrogens (tertiary/aromatic N) is 1. The van der Waals surface area contributed by atoms with Gasteiger partial charge in [0.1, 0.15) is 11.6 Å². The molecule has 11 heteroatoms. The number of benzene rings is 2. The smallest absolute Gasteiger partial charge is 0.410 e. The second-order valence-electron chi connectivity index (χ2n) is 9.30. The Balaban J connectivity index is 0.000000482. The molecule has 1 unspecified atom stereocenters. The molecule has 0 aliphatic carbocycles. The van der Waals surface area contributed by atoms with Crippen LogP contribution in [0.5, 0.6) is 5.75 Å². The van der Waals surface area contributed by atoms with Crippen molar-refractivity contribution in [3.63, 3.8) is 0 Å². The summed E-state index contributed by atoms with van der Waals surface area (Å²) in [4.78, 5) is 31.0. The first-order valence-electron chi connectivity index (χ1n) is 11.6. The van der Waals surface area contributed by atoms with Gasteiger partial charge in [0.15, 0.2) is 5.75 Å². The van der Waals surface area contributed by atoms with E-state index in [0.29, 0.717) is 48.3 Å². The Morgan fingerprint density at radius 3 is 2.22 bits per heavy atom. The summed E-state index contributed by atoms with van der Waals surface area (Å²) in [7, 11) is 0. The van der Waals surface area contributed by atoms with Crippen molar-refractivity contribution < 1.29 is 19.2 Å². The largest absolute Gasteiger partial charge is 0.444 e. The molecule has 0 bridgehead atoms. The molecule has 1 fully saturated rings. The summed E-state index contributed by atoms with van der Waals surface area (Å²) in [5.74, 6) is -0.146. The number of piperidine rings is 1. The van der Waals surface area contributed by atoms with Crippen molar-refractivity contribution in [2.24, 2.45) is 17.4 Å². The number of carbonyl (C=O) groups excluding carboxylic acids is 2. The predicted octanol–water partition coefficient (Wildman–Crippen LogP) is 4.03. The van der Waals surface area contributed by atoms with Crippen molar-refractivity contribution in [3.8, 4) is 5.75 Å². The van der Waals surface area contributed by atoms with Crippen LogP contribution in [0, 0.1) is 5.92 Å². The van der Waals surface area contributed by atoms with Gasteiger partial charge in [0, 0.05) is 25.7 Å². The number of primary amides is 1. The number of ether oxygens (including phenoxy) is 1. The molecule has 1 heterocycles. The van der Waals surface area contributed by atoms with Crippen molar-refractivity contribution in [3.05, 3.63) is 64.1 Å². The Morgan fingerprint density at radius 1 is 1.08 bits per heavy atom. The van der Waals surface area contributed by atoms with E-state index in [1.54, 1.807) is 17.0 Å². The van der Waals surface area contributed by atoms with Crippen LogP contribution in [0.15, 0.2) is 48.5 Å². The topological polar surface area (TPSA) is 132 Å². The number of halogens is 2. The predicted molar refractivity (Wildman–Crippen MR) is 141 cm³/mol. The van der Waals surface area contributed by atoms with Gasteiger partial charge in [0.2, 0.25) is 5.91 Å². The summed E-state index contributed by atoms with van der Waals surface area (Å²) in [6.45, 7) is 7.08. The Hall–Kier alpha value is -2.56. The van der Waals surface area contributed by atoms with Crippen LogP contribution in [-0.2, 0) is 16.1 Å². The van der Waals surface area contributed by atoms with Gasteiger partial charge in [-0.3, -0.25) is 4.79 Å². The monoisotopic (exact) mass is 539 g/mol. The van der Waals surface area contributed by atoms with E-state index in [1.165, 1.54) is 11.6 Å². The Kier molecular flexibility index (Phi) is 11.7. The number of nitrogens with two attached hydrogens (primary N) is 2. The quantitative estimate of drug-likeness (QED) is 0.390. The van der Waals surface area contributed by atoms with Gasteiger partial charge in [0.25, 0.3) is 0 Å². The molecule has 1 aliphatic heterocycles. The van der Waals surface area contributed by atoms with Crippen LogP contribution in [0.4, 0.5) is 4.79 Å². The van der Waals surface area contributed by atoms with Crippen LogP contribution in [-0.4, -0.2) is 41.6 Å². The maximum Gasteiger partial charge on any atom is 0.410 e. The van der Waals surface area contributed by atoms with E-state index in [9.17, 15) is 9.59 Å². The third-order valence-corrected chi connectivity index (χ3v) is 6.06. The minimum atomic E-state index is -0.663. The highest BCUT2D eigenvalue weighted by atomic mass is 35.5. The van der Waals surface area contributed by atoms with Crippen molar-refractivity contribution in [1.82, 2.24) is 15.9 Å². The van der Waals surface area contributed by atoms with Crippen LogP contribution in [0.1, 0.15) is 39.2 Å². The number of carbonyl (C=O) groups is 2. The molecule has 2 aromatic carbocycles. The molecular formula is C25H35Cl2N5O4. The van der Waals surface area contributed by atoms with Gasteiger partial charge in [-0.1, -0.05) is 59.1 Å². The second kappa shape index (κ2) is 14.2. The minimum Gasteiger partial charge on any atom is -0.444 e. The molecule has 198 valence electrons. The molecule has 2 amide bonds. The summed E-state index contributed by atoms with van der Waals surface area (Å²) in [5.41, 5.74) is 16.9. The molecular weight excluding hydrogens is 505 g/mol. The molecule has 1 atom stereocenters. The lowest BCUT2D eigenvalue weighted by Gasteiger charge is -2.35. The average Bonchev–Trinajstić information content (AvgIpc) is 2.84.